The summed E-state index contributed by atoms with van der Waals surface area (Å²) < 4.78 is 0. The topological polar surface area (TPSA) is 15.8 Å². The first-order valence-electron chi connectivity index (χ1n) is 3.65. The van der Waals surface area contributed by atoms with Gasteiger partial charge in [-0.3, -0.25) is 0 Å². The van der Waals surface area contributed by atoms with E-state index in [1.54, 1.807) is 0 Å². The summed E-state index contributed by atoms with van der Waals surface area (Å²) in [4.78, 5) is 3.15. The molecule has 2 rings (SSSR count). The van der Waals surface area contributed by atoms with Gasteiger partial charge in [0.25, 0.3) is 0 Å². The summed E-state index contributed by atoms with van der Waals surface area (Å²) >= 11 is 0. The molecule has 0 fully saturated rings. The van der Waals surface area contributed by atoms with Crippen LogP contribution in [0.15, 0.2) is 48.7 Å². The smallest absolute Gasteiger partial charge is 1.00 e. The maximum atomic E-state index is 3.15. The molecule has 2 aromatic rings. The summed E-state index contributed by atoms with van der Waals surface area (Å²) in [5.74, 6) is 0. The van der Waals surface area contributed by atoms with Crippen molar-refractivity contribution in [3.63, 3.8) is 0 Å². The fraction of sp³-hybridized carbons (Fsp3) is 0. The molecule has 1 aromatic carbocycles. The number of hydrogen-bond donors (Lipinski definition) is 1. The van der Waals surface area contributed by atoms with Crippen molar-refractivity contribution in [1.29, 1.82) is 0 Å². The number of H-pyrrole nitrogens is 1. The third kappa shape index (κ3) is 1.90. The molecule has 0 atom stereocenters. The molecule has 0 aliphatic carbocycles. The molecule has 0 aliphatic rings. The Morgan fingerprint density at radius 2 is 1.67 bits per heavy atom. The number of benzene rings is 1. The van der Waals surface area contributed by atoms with Gasteiger partial charge in [0, 0.05) is 11.9 Å². The van der Waals surface area contributed by atoms with Crippen LogP contribution in [-0.2, 0) is 0 Å². The Morgan fingerprint density at radius 1 is 0.917 bits per heavy atom. The van der Waals surface area contributed by atoms with Gasteiger partial charge in [-0.25, -0.2) is 0 Å². The fourth-order valence-electron chi connectivity index (χ4n) is 1.13. The second-order valence-corrected chi connectivity index (χ2v) is 2.45. The monoisotopic (exact) mass is 169 g/mol. The Bertz CT molecular complexity index is 321. The van der Waals surface area contributed by atoms with Crippen molar-refractivity contribution in [2.45, 2.75) is 0 Å². The maximum Gasteiger partial charge on any atom is 2.00 e. The zero-order chi connectivity index (χ0) is 7.52. The molecule has 0 aliphatic heterocycles. The van der Waals surface area contributed by atoms with E-state index in [9.17, 15) is 0 Å². The summed E-state index contributed by atoms with van der Waals surface area (Å²) in [6.45, 7) is 0. The van der Waals surface area contributed by atoms with Crippen molar-refractivity contribution in [3.8, 4) is 11.3 Å². The molecule has 1 heterocycles. The van der Waals surface area contributed by atoms with E-state index in [4.69, 9.17) is 0 Å². The minimum absolute atomic E-state index is 0. The molecule has 12 heavy (non-hydrogen) atoms. The zero-order valence-electron chi connectivity index (χ0n) is 8.83. The number of hydrogen-bond acceptors (Lipinski definition) is 0. The maximum absolute atomic E-state index is 3.15. The first-order valence-corrected chi connectivity index (χ1v) is 3.65. The molecule has 2 heteroatoms. The predicted octanol–water partition coefficient (Wildman–Crippen LogP) is 2.53. The molecule has 0 amide bonds. The van der Waals surface area contributed by atoms with Crippen LogP contribution < -0.4 is 0 Å². The first-order chi connectivity index (χ1) is 5.47. The number of nitrogens with one attached hydrogen (secondary N) is 1. The van der Waals surface area contributed by atoms with E-state index >= 15 is 0 Å². The molecule has 1 nitrogen and oxygen atoms in total. The second kappa shape index (κ2) is 4.33. The van der Waals surface area contributed by atoms with Crippen LogP contribution >= 0.6 is 0 Å². The molecule has 0 bridgehead atoms. The van der Waals surface area contributed by atoms with Gasteiger partial charge in [0.05, 0.1) is 0 Å². The van der Waals surface area contributed by atoms with E-state index in [1.807, 2.05) is 30.5 Å². The van der Waals surface area contributed by atoms with E-state index in [1.165, 1.54) is 11.3 Å². The van der Waals surface area contributed by atoms with Crippen LogP contribution in [0, 0.1) is 0 Å². The standard InChI is InChI=1S/C10H9N.Mg.2H/c1-2-5-9(6-3-1)10-7-4-8-11-10;;;/h1-8,11H;;;/q;+2;2*-1. The largest absolute Gasteiger partial charge is 2.00 e. The van der Waals surface area contributed by atoms with Crippen LogP contribution in [-0.4, -0.2) is 28.0 Å². The molecule has 1 N–H and O–H groups in total. The molecule has 0 spiro atoms. The van der Waals surface area contributed by atoms with Gasteiger partial charge < -0.3 is 7.84 Å². The Morgan fingerprint density at radius 3 is 2.25 bits per heavy atom. The Hall–Kier alpha value is -0.734. The van der Waals surface area contributed by atoms with E-state index in [0.29, 0.717) is 0 Å². The van der Waals surface area contributed by atoms with Gasteiger partial charge in [0.2, 0.25) is 0 Å². The number of rotatable bonds is 1. The van der Waals surface area contributed by atoms with E-state index in [-0.39, 0.29) is 25.9 Å². The average Bonchev–Trinajstić information content (AvgIpc) is 2.58. The molecular weight excluding hydrogens is 158 g/mol. The van der Waals surface area contributed by atoms with E-state index in [2.05, 4.69) is 23.2 Å². The second-order valence-electron chi connectivity index (χ2n) is 2.45. The van der Waals surface area contributed by atoms with Crippen molar-refractivity contribution in [2.24, 2.45) is 0 Å². The van der Waals surface area contributed by atoms with Gasteiger partial charge in [-0.05, 0) is 17.7 Å². The molecule has 0 radical (unpaired) electrons. The third-order valence-corrected chi connectivity index (χ3v) is 1.68. The van der Waals surface area contributed by atoms with Gasteiger partial charge in [-0.15, -0.1) is 0 Å². The van der Waals surface area contributed by atoms with Crippen molar-refractivity contribution in [2.75, 3.05) is 0 Å². The summed E-state index contributed by atoms with van der Waals surface area (Å²) in [7, 11) is 0. The zero-order valence-corrected chi connectivity index (χ0v) is 8.24. The van der Waals surface area contributed by atoms with Crippen molar-refractivity contribution in [1.82, 2.24) is 4.98 Å². The van der Waals surface area contributed by atoms with E-state index in [0.717, 1.165) is 0 Å². The Balaban J connectivity index is 0. The molecule has 0 unspecified atom stereocenters. The normalized spacial score (nSPS) is 9.00. The number of aromatic nitrogens is 1. The minimum Gasteiger partial charge on any atom is -1.00 e. The Kier molecular flexibility index (Phi) is 3.38. The number of aromatic amines is 1. The fourth-order valence-corrected chi connectivity index (χ4v) is 1.13. The summed E-state index contributed by atoms with van der Waals surface area (Å²) in [6, 6.07) is 14.3. The van der Waals surface area contributed by atoms with Crippen LogP contribution in [0.3, 0.4) is 0 Å². The minimum atomic E-state index is 0. The SMILES string of the molecule is [H-].[H-].[Mg+2].c1ccc(-c2ccc[nH]2)cc1. The molecular formula is C10H11MgN. The van der Waals surface area contributed by atoms with Crippen LogP contribution in [0.2, 0.25) is 0 Å². The third-order valence-electron chi connectivity index (χ3n) is 1.68. The van der Waals surface area contributed by atoms with Gasteiger partial charge in [-0.1, -0.05) is 30.3 Å². The van der Waals surface area contributed by atoms with Gasteiger partial charge in [-0.2, -0.15) is 0 Å². The first kappa shape index (κ1) is 9.35. The Labute approximate surface area is 90.9 Å². The van der Waals surface area contributed by atoms with Crippen molar-refractivity contribution >= 4 is 23.1 Å². The molecule has 1 aromatic heterocycles. The van der Waals surface area contributed by atoms with Crippen LogP contribution in [0.5, 0.6) is 0 Å². The molecule has 58 valence electrons. The summed E-state index contributed by atoms with van der Waals surface area (Å²) in [5, 5.41) is 0. The van der Waals surface area contributed by atoms with Gasteiger partial charge in [0.1, 0.15) is 0 Å². The summed E-state index contributed by atoms with van der Waals surface area (Å²) in [6.07, 6.45) is 1.93. The van der Waals surface area contributed by atoms with Crippen molar-refractivity contribution in [3.05, 3.63) is 48.7 Å². The summed E-state index contributed by atoms with van der Waals surface area (Å²) in [5.41, 5.74) is 2.41. The van der Waals surface area contributed by atoms with Crippen LogP contribution in [0.25, 0.3) is 11.3 Å². The van der Waals surface area contributed by atoms with Crippen LogP contribution in [0.4, 0.5) is 0 Å². The molecule has 0 saturated carbocycles. The van der Waals surface area contributed by atoms with Crippen LogP contribution in [0.1, 0.15) is 2.85 Å². The van der Waals surface area contributed by atoms with E-state index < -0.39 is 0 Å². The van der Waals surface area contributed by atoms with Gasteiger partial charge >= 0.3 is 23.1 Å². The quantitative estimate of drug-likeness (QED) is 0.632. The molecule has 0 saturated heterocycles. The average molecular weight is 170 g/mol. The van der Waals surface area contributed by atoms with Crippen molar-refractivity contribution < 1.29 is 2.85 Å². The van der Waals surface area contributed by atoms with Gasteiger partial charge in [0.15, 0.2) is 0 Å². The predicted molar refractivity (Wildman–Crippen MR) is 54.2 cm³/mol.